The van der Waals surface area contributed by atoms with E-state index in [-0.39, 0.29) is 6.61 Å². The third kappa shape index (κ3) is 3.32. The monoisotopic (exact) mass is 296 g/mol. The van der Waals surface area contributed by atoms with Gasteiger partial charge < -0.3 is 10.8 Å². The van der Waals surface area contributed by atoms with Crippen LogP contribution in [0.25, 0.3) is 0 Å². The molecule has 0 aliphatic heterocycles. The van der Waals surface area contributed by atoms with Crippen molar-refractivity contribution in [2.24, 2.45) is 0 Å². The molecule has 3 rings (SSSR count). The number of fused-ring (bicyclic) bond motifs is 1. The number of aliphatic hydroxyl groups excluding tert-OH is 1. The van der Waals surface area contributed by atoms with Gasteiger partial charge in [0.2, 0.25) is 0 Å². The van der Waals surface area contributed by atoms with Crippen molar-refractivity contribution in [1.29, 1.82) is 0 Å². The van der Waals surface area contributed by atoms with Crippen molar-refractivity contribution in [3.05, 3.63) is 65.2 Å². The second-order valence-corrected chi connectivity index (χ2v) is 6.05. The number of nitrogens with zero attached hydrogens (tertiary/aromatic N) is 1. The molecule has 1 aliphatic rings. The molecule has 1 aliphatic carbocycles. The van der Waals surface area contributed by atoms with Crippen LogP contribution in [0, 0.1) is 0 Å². The predicted octanol–water partition coefficient (Wildman–Crippen LogP) is 3.14. The summed E-state index contributed by atoms with van der Waals surface area (Å²) in [5.74, 6) is 0. The van der Waals surface area contributed by atoms with E-state index in [0.717, 1.165) is 25.1 Å². The van der Waals surface area contributed by atoms with E-state index < -0.39 is 0 Å². The average molecular weight is 296 g/mol. The summed E-state index contributed by atoms with van der Waals surface area (Å²) >= 11 is 0. The molecule has 0 spiro atoms. The number of aryl methyl sites for hydroxylation is 1. The second-order valence-electron chi connectivity index (χ2n) is 6.05. The fourth-order valence-electron chi connectivity index (χ4n) is 3.51. The van der Waals surface area contributed by atoms with E-state index in [0.29, 0.717) is 12.6 Å². The van der Waals surface area contributed by atoms with Crippen LogP contribution in [0.2, 0.25) is 0 Å². The summed E-state index contributed by atoms with van der Waals surface area (Å²) < 4.78 is 0. The Morgan fingerprint density at radius 2 is 2.00 bits per heavy atom. The van der Waals surface area contributed by atoms with Gasteiger partial charge in [-0.3, -0.25) is 4.90 Å². The fraction of sp³-hybridized carbons (Fsp3) is 0.368. The lowest BCUT2D eigenvalue weighted by Crippen LogP contribution is -2.33. The second kappa shape index (κ2) is 6.95. The van der Waals surface area contributed by atoms with E-state index in [2.05, 4.69) is 35.2 Å². The Morgan fingerprint density at radius 3 is 2.82 bits per heavy atom. The number of nitrogen functional groups attached to an aromatic ring is 1. The first-order valence-electron chi connectivity index (χ1n) is 8.05. The van der Waals surface area contributed by atoms with Crippen molar-refractivity contribution in [3.63, 3.8) is 0 Å². The number of rotatable bonds is 5. The van der Waals surface area contributed by atoms with Crippen LogP contribution in [0.1, 0.15) is 35.6 Å². The van der Waals surface area contributed by atoms with Crippen LogP contribution in [0.3, 0.4) is 0 Å². The summed E-state index contributed by atoms with van der Waals surface area (Å²) in [4.78, 5) is 2.38. The molecule has 0 heterocycles. The SMILES string of the molecule is Nc1cccc(CN(CCO)C2CCCc3ccccc32)c1. The minimum Gasteiger partial charge on any atom is -0.399 e. The number of anilines is 1. The Labute approximate surface area is 132 Å². The summed E-state index contributed by atoms with van der Waals surface area (Å²) in [7, 11) is 0. The minimum absolute atomic E-state index is 0.182. The van der Waals surface area contributed by atoms with E-state index in [9.17, 15) is 5.11 Å². The van der Waals surface area contributed by atoms with Gasteiger partial charge in [0, 0.05) is 24.8 Å². The molecule has 3 heteroatoms. The first kappa shape index (κ1) is 15.1. The molecule has 0 saturated heterocycles. The summed E-state index contributed by atoms with van der Waals surface area (Å²) in [6.07, 6.45) is 3.53. The van der Waals surface area contributed by atoms with E-state index in [1.54, 1.807) is 0 Å². The van der Waals surface area contributed by atoms with E-state index in [1.165, 1.54) is 23.1 Å². The Bertz CT molecular complexity index is 626. The lowest BCUT2D eigenvalue weighted by atomic mass is 9.86. The van der Waals surface area contributed by atoms with E-state index in [1.807, 2.05) is 18.2 Å². The van der Waals surface area contributed by atoms with Crippen molar-refractivity contribution in [1.82, 2.24) is 4.90 Å². The van der Waals surface area contributed by atoms with Gasteiger partial charge in [0.25, 0.3) is 0 Å². The van der Waals surface area contributed by atoms with Crippen molar-refractivity contribution < 1.29 is 5.11 Å². The highest BCUT2D eigenvalue weighted by atomic mass is 16.3. The van der Waals surface area contributed by atoms with Crippen LogP contribution in [-0.4, -0.2) is 23.2 Å². The van der Waals surface area contributed by atoms with Crippen molar-refractivity contribution in [3.8, 4) is 0 Å². The Kier molecular flexibility index (Phi) is 4.76. The van der Waals surface area contributed by atoms with Gasteiger partial charge in [-0.1, -0.05) is 36.4 Å². The quantitative estimate of drug-likeness (QED) is 0.833. The number of aliphatic hydroxyl groups is 1. The Morgan fingerprint density at radius 1 is 1.14 bits per heavy atom. The van der Waals surface area contributed by atoms with Crippen LogP contribution in [0.5, 0.6) is 0 Å². The molecule has 3 N–H and O–H groups in total. The number of hydrogen-bond donors (Lipinski definition) is 2. The maximum atomic E-state index is 9.48. The molecule has 2 aromatic rings. The van der Waals surface area contributed by atoms with Gasteiger partial charge in [-0.2, -0.15) is 0 Å². The maximum absolute atomic E-state index is 9.48. The fourth-order valence-corrected chi connectivity index (χ4v) is 3.51. The predicted molar refractivity (Wildman–Crippen MR) is 90.5 cm³/mol. The number of benzene rings is 2. The van der Waals surface area contributed by atoms with Gasteiger partial charge in [0.05, 0.1) is 6.61 Å². The molecule has 0 saturated carbocycles. The zero-order chi connectivity index (χ0) is 15.4. The summed E-state index contributed by atoms with van der Waals surface area (Å²) in [6, 6.07) is 17.1. The molecule has 2 aromatic carbocycles. The normalized spacial score (nSPS) is 17.5. The molecule has 0 bridgehead atoms. The summed E-state index contributed by atoms with van der Waals surface area (Å²) in [5, 5.41) is 9.48. The lowest BCUT2D eigenvalue weighted by molar-refractivity contribution is 0.131. The summed E-state index contributed by atoms with van der Waals surface area (Å²) in [6.45, 7) is 1.69. The lowest BCUT2D eigenvalue weighted by Gasteiger charge is -2.35. The topological polar surface area (TPSA) is 49.5 Å². The van der Waals surface area contributed by atoms with Crippen LogP contribution >= 0.6 is 0 Å². The van der Waals surface area contributed by atoms with Crippen LogP contribution in [-0.2, 0) is 13.0 Å². The molecule has 0 aromatic heterocycles. The first-order valence-corrected chi connectivity index (χ1v) is 8.05. The molecule has 22 heavy (non-hydrogen) atoms. The van der Waals surface area contributed by atoms with Crippen molar-refractivity contribution >= 4 is 5.69 Å². The Hall–Kier alpha value is -1.84. The minimum atomic E-state index is 0.182. The standard InChI is InChI=1S/C19H24N2O/c20-17-8-3-5-15(13-17)14-21(11-12-22)19-10-4-7-16-6-1-2-9-18(16)19/h1-3,5-6,8-9,13,19,22H,4,7,10-12,14,20H2. The number of hydrogen-bond acceptors (Lipinski definition) is 3. The molecule has 0 radical (unpaired) electrons. The Balaban J connectivity index is 1.85. The molecule has 1 atom stereocenters. The highest BCUT2D eigenvalue weighted by molar-refractivity contribution is 5.40. The maximum Gasteiger partial charge on any atom is 0.0558 e. The highest BCUT2D eigenvalue weighted by Crippen LogP contribution is 2.34. The summed E-state index contributed by atoms with van der Waals surface area (Å²) in [5.41, 5.74) is 10.8. The highest BCUT2D eigenvalue weighted by Gasteiger charge is 2.25. The molecule has 3 nitrogen and oxygen atoms in total. The van der Waals surface area contributed by atoms with Gasteiger partial charge in [-0.05, 0) is 48.1 Å². The average Bonchev–Trinajstić information content (AvgIpc) is 2.54. The van der Waals surface area contributed by atoms with Crippen LogP contribution < -0.4 is 5.73 Å². The van der Waals surface area contributed by atoms with E-state index in [4.69, 9.17) is 5.73 Å². The molecular formula is C19H24N2O. The van der Waals surface area contributed by atoms with Gasteiger partial charge in [0.15, 0.2) is 0 Å². The molecule has 0 amide bonds. The molecule has 1 unspecified atom stereocenters. The van der Waals surface area contributed by atoms with Crippen LogP contribution in [0.15, 0.2) is 48.5 Å². The van der Waals surface area contributed by atoms with Crippen molar-refractivity contribution in [2.45, 2.75) is 31.8 Å². The van der Waals surface area contributed by atoms with Crippen molar-refractivity contribution in [2.75, 3.05) is 18.9 Å². The third-order valence-electron chi connectivity index (χ3n) is 4.50. The molecule has 0 fully saturated rings. The van der Waals surface area contributed by atoms with Gasteiger partial charge in [-0.25, -0.2) is 0 Å². The molecular weight excluding hydrogens is 272 g/mol. The van der Waals surface area contributed by atoms with E-state index >= 15 is 0 Å². The number of nitrogens with two attached hydrogens (primary N) is 1. The van der Waals surface area contributed by atoms with Gasteiger partial charge in [-0.15, -0.1) is 0 Å². The third-order valence-corrected chi connectivity index (χ3v) is 4.50. The molecule has 116 valence electrons. The smallest absolute Gasteiger partial charge is 0.0558 e. The van der Waals surface area contributed by atoms with Gasteiger partial charge in [0.1, 0.15) is 0 Å². The zero-order valence-corrected chi connectivity index (χ0v) is 12.9. The zero-order valence-electron chi connectivity index (χ0n) is 12.9. The van der Waals surface area contributed by atoms with Gasteiger partial charge >= 0.3 is 0 Å². The largest absolute Gasteiger partial charge is 0.399 e. The first-order chi connectivity index (χ1) is 10.8. The van der Waals surface area contributed by atoms with Crippen LogP contribution in [0.4, 0.5) is 5.69 Å².